The number of carboxylic acids is 1. The molecule has 1 rings (SSSR count). The van der Waals surface area contributed by atoms with Crippen molar-refractivity contribution < 1.29 is 23.1 Å². The quantitative estimate of drug-likeness (QED) is 0.770. The van der Waals surface area contributed by atoms with Gasteiger partial charge in [-0.1, -0.05) is 6.07 Å². The molecule has 1 unspecified atom stereocenters. The predicted octanol–water partition coefficient (Wildman–Crippen LogP) is 0.761. The Bertz CT molecular complexity index is 571. The highest BCUT2D eigenvalue weighted by Gasteiger charge is 2.27. The van der Waals surface area contributed by atoms with E-state index in [2.05, 4.69) is 9.71 Å². The monoisotopic (exact) mass is 302 g/mol. The normalized spacial score (nSPS) is 13.2. The molecule has 0 spiro atoms. The first-order valence-electron chi connectivity index (χ1n) is 6.06. The van der Waals surface area contributed by atoms with Gasteiger partial charge in [0.25, 0.3) is 0 Å². The minimum absolute atomic E-state index is 0.0736. The first-order valence-corrected chi connectivity index (χ1v) is 7.60. The average molecular weight is 302 g/mol. The Labute approximate surface area is 118 Å². The molecule has 112 valence electrons. The molecule has 0 aliphatic carbocycles. The van der Waals surface area contributed by atoms with Gasteiger partial charge in [0.1, 0.15) is 0 Å². The lowest BCUT2D eigenvalue weighted by Crippen LogP contribution is -2.37. The van der Waals surface area contributed by atoms with Crippen LogP contribution in [0.25, 0.3) is 0 Å². The Balaban J connectivity index is 2.83. The molecule has 0 radical (unpaired) electrons. The maximum absolute atomic E-state index is 11.7. The number of pyridine rings is 1. The number of rotatable bonds is 7. The molecule has 0 saturated carbocycles. The van der Waals surface area contributed by atoms with Gasteiger partial charge in [0.15, 0.2) is 5.25 Å². The van der Waals surface area contributed by atoms with Crippen LogP contribution in [0.5, 0.6) is 5.88 Å². The third-order valence-corrected chi connectivity index (χ3v) is 4.15. The molecule has 20 heavy (non-hydrogen) atoms. The van der Waals surface area contributed by atoms with Crippen molar-refractivity contribution in [2.24, 2.45) is 0 Å². The van der Waals surface area contributed by atoms with Crippen LogP contribution in [0, 0.1) is 0 Å². The van der Waals surface area contributed by atoms with E-state index in [0.717, 1.165) is 6.92 Å². The summed E-state index contributed by atoms with van der Waals surface area (Å²) in [7, 11) is -3.94. The van der Waals surface area contributed by atoms with Gasteiger partial charge in [-0.3, -0.25) is 4.79 Å². The molecular weight excluding hydrogens is 284 g/mol. The Morgan fingerprint density at radius 3 is 2.65 bits per heavy atom. The van der Waals surface area contributed by atoms with E-state index in [1.807, 2.05) is 13.8 Å². The van der Waals surface area contributed by atoms with Crippen molar-refractivity contribution in [3.8, 4) is 5.88 Å². The molecule has 1 heterocycles. The number of aromatic nitrogens is 1. The second-order valence-corrected chi connectivity index (χ2v) is 6.57. The molecule has 0 aliphatic heterocycles. The van der Waals surface area contributed by atoms with Gasteiger partial charge in [-0.25, -0.2) is 18.1 Å². The number of carbonyl (C=O) groups is 1. The maximum atomic E-state index is 11.7. The molecule has 2 N–H and O–H groups in total. The van der Waals surface area contributed by atoms with E-state index in [0.29, 0.717) is 11.4 Å². The summed E-state index contributed by atoms with van der Waals surface area (Å²) in [4.78, 5) is 14.7. The molecule has 0 aromatic carbocycles. The second-order valence-electron chi connectivity index (χ2n) is 4.48. The highest BCUT2D eigenvalue weighted by molar-refractivity contribution is 7.90. The van der Waals surface area contributed by atoms with Crippen LogP contribution in [0.1, 0.15) is 26.3 Å². The van der Waals surface area contributed by atoms with Crippen LogP contribution in [0.15, 0.2) is 18.3 Å². The Kier molecular flexibility index (Phi) is 5.46. The SMILES string of the molecule is CC(C)Oc1ncccc1CNS(=O)(=O)C(C)C(=O)O. The van der Waals surface area contributed by atoms with Crippen LogP contribution in [0.2, 0.25) is 0 Å². The van der Waals surface area contributed by atoms with E-state index >= 15 is 0 Å². The van der Waals surface area contributed by atoms with Crippen LogP contribution in [-0.4, -0.2) is 35.8 Å². The minimum Gasteiger partial charge on any atom is -0.480 e. The van der Waals surface area contributed by atoms with Crippen molar-refractivity contribution >= 4 is 16.0 Å². The van der Waals surface area contributed by atoms with Gasteiger partial charge in [0.05, 0.1) is 6.10 Å². The van der Waals surface area contributed by atoms with Gasteiger partial charge in [-0.2, -0.15) is 0 Å². The molecule has 0 bridgehead atoms. The number of hydrogen-bond acceptors (Lipinski definition) is 5. The van der Waals surface area contributed by atoms with Gasteiger partial charge in [0.2, 0.25) is 15.9 Å². The van der Waals surface area contributed by atoms with Crippen molar-refractivity contribution in [1.82, 2.24) is 9.71 Å². The second kappa shape index (κ2) is 6.67. The van der Waals surface area contributed by atoms with E-state index in [1.165, 1.54) is 6.20 Å². The van der Waals surface area contributed by atoms with Crippen molar-refractivity contribution in [3.05, 3.63) is 23.9 Å². The zero-order valence-electron chi connectivity index (χ0n) is 11.5. The average Bonchev–Trinajstić information content (AvgIpc) is 2.36. The summed E-state index contributed by atoms with van der Waals surface area (Å²) in [5.41, 5.74) is 0.544. The van der Waals surface area contributed by atoms with Crippen molar-refractivity contribution in [2.45, 2.75) is 38.7 Å². The molecule has 1 aromatic rings. The first-order chi connectivity index (χ1) is 9.24. The Morgan fingerprint density at radius 1 is 1.45 bits per heavy atom. The fourth-order valence-electron chi connectivity index (χ4n) is 1.32. The number of ether oxygens (including phenoxy) is 1. The van der Waals surface area contributed by atoms with Gasteiger partial charge >= 0.3 is 5.97 Å². The number of nitrogens with zero attached hydrogens (tertiary/aromatic N) is 1. The van der Waals surface area contributed by atoms with E-state index in [4.69, 9.17) is 9.84 Å². The molecule has 7 nitrogen and oxygen atoms in total. The first kappa shape index (κ1) is 16.4. The van der Waals surface area contributed by atoms with Gasteiger partial charge < -0.3 is 9.84 Å². The van der Waals surface area contributed by atoms with E-state index in [1.54, 1.807) is 12.1 Å². The third-order valence-electron chi connectivity index (χ3n) is 2.47. The summed E-state index contributed by atoms with van der Waals surface area (Å²) in [6, 6.07) is 3.32. The molecule has 0 aliphatic rings. The molecule has 0 fully saturated rings. The zero-order valence-corrected chi connectivity index (χ0v) is 12.3. The van der Waals surface area contributed by atoms with Gasteiger partial charge in [0, 0.05) is 18.3 Å². The summed E-state index contributed by atoms with van der Waals surface area (Å²) in [5, 5.41) is 7.21. The van der Waals surface area contributed by atoms with Crippen molar-refractivity contribution in [2.75, 3.05) is 0 Å². The zero-order chi connectivity index (χ0) is 15.3. The fraction of sp³-hybridized carbons (Fsp3) is 0.500. The van der Waals surface area contributed by atoms with Crippen molar-refractivity contribution in [1.29, 1.82) is 0 Å². The lowest BCUT2D eigenvalue weighted by molar-refractivity contribution is -0.136. The fourth-order valence-corrected chi connectivity index (χ4v) is 2.20. The number of hydrogen-bond donors (Lipinski definition) is 2. The van der Waals surface area contributed by atoms with Crippen molar-refractivity contribution in [3.63, 3.8) is 0 Å². The maximum Gasteiger partial charge on any atom is 0.323 e. The Hall–Kier alpha value is -1.67. The van der Waals surface area contributed by atoms with Crippen LogP contribution in [-0.2, 0) is 21.4 Å². The van der Waals surface area contributed by atoms with Crippen LogP contribution in [0.3, 0.4) is 0 Å². The molecule has 1 aromatic heterocycles. The van der Waals surface area contributed by atoms with Gasteiger partial charge in [-0.15, -0.1) is 0 Å². The number of aliphatic carboxylic acids is 1. The highest BCUT2D eigenvalue weighted by atomic mass is 32.2. The summed E-state index contributed by atoms with van der Waals surface area (Å²) in [6.45, 7) is 4.69. The lowest BCUT2D eigenvalue weighted by atomic mass is 10.3. The highest BCUT2D eigenvalue weighted by Crippen LogP contribution is 2.16. The largest absolute Gasteiger partial charge is 0.480 e. The van der Waals surface area contributed by atoms with E-state index < -0.39 is 21.2 Å². The Morgan fingerprint density at radius 2 is 2.10 bits per heavy atom. The van der Waals surface area contributed by atoms with E-state index in [9.17, 15) is 13.2 Å². The summed E-state index contributed by atoms with van der Waals surface area (Å²) >= 11 is 0. The smallest absolute Gasteiger partial charge is 0.323 e. The standard InChI is InChI=1S/C12H18N2O5S/c1-8(2)19-11-10(5-4-6-13-11)7-14-20(17,18)9(3)12(15)16/h4-6,8-9,14H,7H2,1-3H3,(H,15,16). The third kappa shape index (κ3) is 4.46. The summed E-state index contributed by atoms with van der Waals surface area (Å²) < 4.78 is 31.1. The molecule has 0 saturated heterocycles. The van der Waals surface area contributed by atoms with Crippen LogP contribution in [0.4, 0.5) is 0 Å². The topological polar surface area (TPSA) is 106 Å². The summed E-state index contributed by atoms with van der Waals surface area (Å²) in [5.74, 6) is -1.07. The predicted molar refractivity (Wildman–Crippen MR) is 72.9 cm³/mol. The number of nitrogens with one attached hydrogen (secondary N) is 1. The molecular formula is C12H18N2O5S. The number of sulfonamides is 1. The summed E-state index contributed by atoms with van der Waals surface area (Å²) in [6.07, 6.45) is 1.44. The van der Waals surface area contributed by atoms with Crippen LogP contribution >= 0.6 is 0 Å². The lowest BCUT2D eigenvalue weighted by Gasteiger charge is -2.14. The molecule has 0 amide bonds. The van der Waals surface area contributed by atoms with Crippen LogP contribution < -0.4 is 9.46 Å². The van der Waals surface area contributed by atoms with E-state index in [-0.39, 0.29) is 12.6 Å². The number of carboxylic acid groups (broad SMARTS) is 1. The minimum atomic E-state index is -3.94. The molecule has 8 heteroatoms. The van der Waals surface area contributed by atoms with Gasteiger partial charge in [-0.05, 0) is 26.8 Å². The molecule has 1 atom stereocenters.